The van der Waals surface area contributed by atoms with Crippen LogP contribution in [-0.2, 0) is 6.42 Å². The van der Waals surface area contributed by atoms with E-state index in [0.717, 1.165) is 18.7 Å². The first kappa shape index (κ1) is 14.0. The van der Waals surface area contributed by atoms with Crippen LogP contribution in [0.1, 0.15) is 39.7 Å². The Morgan fingerprint density at radius 3 is 2.29 bits per heavy atom. The summed E-state index contributed by atoms with van der Waals surface area (Å²) in [5.41, 5.74) is 1.36. The molecule has 0 aliphatic rings. The molecule has 0 amide bonds. The maximum atomic E-state index is 5.62. The summed E-state index contributed by atoms with van der Waals surface area (Å²) in [5.74, 6) is 0.956. The highest BCUT2D eigenvalue weighted by molar-refractivity contribution is 5.27. The molecular weight excluding hydrogens is 210 g/mol. The van der Waals surface area contributed by atoms with E-state index in [-0.39, 0.29) is 6.10 Å². The first-order valence-electron chi connectivity index (χ1n) is 6.60. The summed E-state index contributed by atoms with van der Waals surface area (Å²) >= 11 is 0. The van der Waals surface area contributed by atoms with Gasteiger partial charge in [0.15, 0.2) is 0 Å². The zero-order valence-electron chi connectivity index (χ0n) is 11.5. The first-order chi connectivity index (χ1) is 8.11. The van der Waals surface area contributed by atoms with Crippen LogP contribution < -0.4 is 10.1 Å². The Balaban J connectivity index is 2.44. The number of nitrogens with one attached hydrogen (secondary N) is 1. The lowest BCUT2D eigenvalue weighted by molar-refractivity contribution is 0.242. The number of benzene rings is 1. The fraction of sp³-hybridized carbons (Fsp3) is 0.600. The first-order valence-corrected chi connectivity index (χ1v) is 6.60. The quantitative estimate of drug-likeness (QED) is 0.782. The van der Waals surface area contributed by atoms with E-state index < -0.39 is 0 Å². The Labute approximate surface area is 105 Å². The van der Waals surface area contributed by atoms with Crippen molar-refractivity contribution in [2.24, 2.45) is 0 Å². The van der Waals surface area contributed by atoms with Gasteiger partial charge in [-0.05, 0) is 57.9 Å². The zero-order valence-corrected chi connectivity index (χ0v) is 11.5. The second-order valence-corrected chi connectivity index (χ2v) is 4.87. The number of hydrogen-bond donors (Lipinski definition) is 1. The molecule has 2 heteroatoms. The molecule has 0 aliphatic heterocycles. The SMILES string of the molecule is CCCNC(C)Cc1ccc(OC(C)C)cc1. The van der Waals surface area contributed by atoms with Crippen LogP contribution in [-0.4, -0.2) is 18.7 Å². The van der Waals surface area contributed by atoms with Gasteiger partial charge in [-0.25, -0.2) is 0 Å². The maximum Gasteiger partial charge on any atom is 0.119 e. The summed E-state index contributed by atoms with van der Waals surface area (Å²) < 4.78 is 5.62. The van der Waals surface area contributed by atoms with Gasteiger partial charge in [-0.3, -0.25) is 0 Å². The molecule has 1 rings (SSSR count). The van der Waals surface area contributed by atoms with Gasteiger partial charge >= 0.3 is 0 Å². The van der Waals surface area contributed by atoms with Gasteiger partial charge in [0.2, 0.25) is 0 Å². The molecule has 0 spiro atoms. The van der Waals surface area contributed by atoms with Crippen LogP contribution in [0.15, 0.2) is 24.3 Å². The molecule has 1 N–H and O–H groups in total. The van der Waals surface area contributed by atoms with Crippen LogP contribution >= 0.6 is 0 Å². The predicted octanol–water partition coefficient (Wildman–Crippen LogP) is 3.40. The summed E-state index contributed by atoms with van der Waals surface area (Å²) in [4.78, 5) is 0. The van der Waals surface area contributed by atoms with Crippen molar-refractivity contribution in [1.29, 1.82) is 0 Å². The molecule has 0 saturated carbocycles. The van der Waals surface area contributed by atoms with Gasteiger partial charge in [0.1, 0.15) is 5.75 Å². The van der Waals surface area contributed by atoms with E-state index in [1.807, 2.05) is 13.8 Å². The predicted molar refractivity (Wildman–Crippen MR) is 73.7 cm³/mol. The third kappa shape index (κ3) is 5.73. The Bertz CT molecular complexity index is 305. The van der Waals surface area contributed by atoms with Gasteiger partial charge in [-0.1, -0.05) is 19.1 Å². The van der Waals surface area contributed by atoms with Crippen molar-refractivity contribution in [3.8, 4) is 5.75 Å². The summed E-state index contributed by atoms with van der Waals surface area (Å²) in [5, 5.41) is 3.50. The van der Waals surface area contributed by atoms with Gasteiger partial charge < -0.3 is 10.1 Å². The molecular formula is C15H25NO. The highest BCUT2D eigenvalue weighted by Gasteiger charge is 2.03. The number of hydrogen-bond acceptors (Lipinski definition) is 2. The average Bonchev–Trinajstić information content (AvgIpc) is 2.28. The molecule has 0 aliphatic carbocycles. The van der Waals surface area contributed by atoms with Crippen molar-refractivity contribution in [2.45, 2.75) is 52.7 Å². The molecule has 2 nitrogen and oxygen atoms in total. The van der Waals surface area contributed by atoms with E-state index in [2.05, 4.69) is 43.4 Å². The van der Waals surface area contributed by atoms with Gasteiger partial charge in [0.25, 0.3) is 0 Å². The summed E-state index contributed by atoms with van der Waals surface area (Å²) in [7, 11) is 0. The van der Waals surface area contributed by atoms with Crippen LogP contribution in [0.3, 0.4) is 0 Å². The van der Waals surface area contributed by atoms with Crippen LogP contribution in [0, 0.1) is 0 Å². The second-order valence-electron chi connectivity index (χ2n) is 4.87. The molecule has 0 fully saturated rings. The highest BCUT2D eigenvalue weighted by atomic mass is 16.5. The largest absolute Gasteiger partial charge is 0.491 e. The lowest BCUT2D eigenvalue weighted by Crippen LogP contribution is -2.28. The fourth-order valence-electron chi connectivity index (χ4n) is 1.79. The molecule has 0 saturated heterocycles. The lowest BCUT2D eigenvalue weighted by Gasteiger charge is -2.14. The van der Waals surface area contributed by atoms with E-state index in [9.17, 15) is 0 Å². The summed E-state index contributed by atoms with van der Waals surface area (Å²) in [6, 6.07) is 8.96. The van der Waals surface area contributed by atoms with Crippen molar-refractivity contribution < 1.29 is 4.74 Å². The number of rotatable bonds is 7. The van der Waals surface area contributed by atoms with Crippen LogP contribution in [0.2, 0.25) is 0 Å². The van der Waals surface area contributed by atoms with Gasteiger partial charge in [-0.15, -0.1) is 0 Å². The summed E-state index contributed by atoms with van der Waals surface area (Å²) in [6.07, 6.45) is 2.50. The van der Waals surface area contributed by atoms with Crippen LogP contribution in [0.5, 0.6) is 5.75 Å². The molecule has 1 aromatic rings. The smallest absolute Gasteiger partial charge is 0.119 e. The molecule has 17 heavy (non-hydrogen) atoms. The van der Waals surface area contributed by atoms with Crippen molar-refractivity contribution in [1.82, 2.24) is 5.32 Å². The minimum absolute atomic E-state index is 0.242. The minimum Gasteiger partial charge on any atom is -0.491 e. The van der Waals surface area contributed by atoms with Gasteiger partial charge in [0.05, 0.1) is 6.10 Å². The molecule has 96 valence electrons. The third-order valence-corrected chi connectivity index (χ3v) is 2.58. The molecule has 0 aromatic heterocycles. The van der Waals surface area contributed by atoms with Crippen molar-refractivity contribution in [3.05, 3.63) is 29.8 Å². The standard InChI is InChI=1S/C15H25NO/c1-5-10-16-13(4)11-14-6-8-15(9-7-14)17-12(2)3/h6-9,12-13,16H,5,10-11H2,1-4H3. The summed E-state index contributed by atoms with van der Waals surface area (Å²) in [6.45, 7) is 9.61. The Morgan fingerprint density at radius 1 is 1.12 bits per heavy atom. The van der Waals surface area contributed by atoms with E-state index in [0.29, 0.717) is 6.04 Å². The van der Waals surface area contributed by atoms with E-state index in [1.54, 1.807) is 0 Å². The average molecular weight is 235 g/mol. The molecule has 0 radical (unpaired) electrons. The van der Waals surface area contributed by atoms with Crippen molar-refractivity contribution in [3.63, 3.8) is 0 Å². The Kier molecular flexibility index (Phi) is 6.06. The lowest BCUT2D eigenvalue weighted by atomic mass is 10.1. The van der Waals surface area contributed by atoms with E-state index in [4.69, 9.17) is 4.74 Å². The topological polar surface area (TPSA) is 21.3 Å². The van der Waals surface area contributed by atoms with Gasteiger partial charge in [-0.2, -0.15) is 0 Å². The molecule has 1 atom stereocenters. The Hall–Kier alpha value is -1.02. The van der Waals surface area contributed by atoms with Gasteiger partial charge in [0, 0.05) is 6.04 Å². The zero-order chi connectivity index (χ0) is 12.7. The van der Waals surface area contributed by atoms with Crippen molar-refractivity contribution >= 4 is 0 Å². The molecule has 0 bridgehead atoms. The minimum atomic E-state index is 0.242. The monoisotopic (exact) mass is 235 g/mol. The molecule has 1 unspecified atom stereocenters. The van der Waals surface area contributed by atoms with Crippen LogP contribution in [0.4, 0.5) is 0 Å². The van der Waals surface area contributed by atoms with Crippen molar-refractivity contribution in [2.75, 3.05) is 6.54 Å². The maximum absolute atomic E-state index is 5.62. The fourth-order valence-corrected chi connectivity index (χ4v) is 1.79. The third-order valence-electron chi connectivity index (χ3n) is 2.58. The van der Waals surface area contributed by atoms with E-state index in [1.165, 1.54) is 12.0 Å². The second kappa shape index (κ2) is 7.33. The highest BCUT2D eigenvalue weighted by Crippen LogP contribution is 2.14. The number of ether oxygens (including phenoxy) is 1. The molecule has 0 heterocycles. The molecule has 1 aromatic carbocycles. The van der Waals surface area contributed by atoms with Crippen LogP contribution in [0.25, 0.3) is 0 Å². The normalized spacial score (nSPS) is 12.8. The van der Waals surface area contributed by atoms with E-state index >= 15 is 0 Å². The Morgan fingerprint density at radius 2 is 1.76 bits per heavy atom.